The van der Waals surface area contributed by atoms with Crippen LogP contribution in [0.1, 0.15) is 27.2 Å². The molecule has 0 aliphatic heterocycles. The minimum absolute atomic E-state index is 0.0952. The molecule has 0 saturated carbocycles. The van der Waals surface area contributed by atoms with Gasteiger partial charge in [0.15, 0.2) is 0 Å². The number of hydrogen-bond donors (Lipinski definition) is 1. The van der Waals surface area contributed by atoms with Crippen LogP contribution >= 0.6 is 0 Å². The molecule has 116 valence electrons. The number of carbonyl (C=O) groups is 1. The van der Waals surface area contributed by atoms with E-state index in [1.807, 2.05) is 6.92 Å². The highest BCUT2D eigenvalue weighted by Gasteiger charge is 2.16. The first-order valence-corrected chi connectivity index (χ1v) is 6.83. The van der Waals surface area contributed by atoms with E-state index >= 15 is 0 Å². The van der Waals surface area contributed by atoms with Gasteiger partial charge in [0.25, 0.3) is 5.69 Å². The van der Waals surface area contributed by atoms with Gasteiger partial charge in [-0.25, -0.2) is 4.79 Å². The predicted molar refractivity (Wildman–Crippen MR) is 78.6 cm³/mol. The van der Waals surface area contributed by atoms with Gasteiger partial charge in [0.2, 0.25) is 0 Å². The lowest BCUT2D eigenvalue weighted by molar-refractivity contribution is -0.384. The van der Waals surface area contributed by atoms with Crippen LogP contribution in [0.3, 0.4) is 0 Å². The van der Waals surface area contributed by atoms with Crippen molar-refractivity contribution in [3.63, 3.8) is 0 Å². The van der Waals surface area contributed by atoms with E-state index in [1.165, 1.54) is 12.1 Å². The molecule has 1 rings (SSSR count). The average Bonchev–Trinajstić information content (AvgIpc) is 2.45. The molecule has 0 aliphatic carbocycles. The van der Waals surface area contributed by atoms with Crippen LogP contribution in [0, 0.1) is 10.1 Å². The van der Waals surface area contributed by atoms with E-state index in [9.17, 15) is 14.9 Å². The number of carbonyl (C=O) groups excluding carboxylic acids is 1. The molecule has 0 bridgehead atoms. The second kappa shape index (κ2) is 8.08. The van der Waals surface area contributed by atoms with Crippen molar-refractivity contribution in [2.75, 3.05) is 18.5 Å². The zero-order valence-electron chi connectivity index (χ0n) is 12.4. The quantitative estimate of drug-likeness (QED) is 0.450. The van der Waals surface area contributed by atoms with Crippen molar-refractivity contribution in [2.45, 2.75) is 33.2 Å². The molecule has 0 fully saturated rings. The Kier molecular flexibility index (Phi) is 6.45. The summed E-state index contributed by atoms with van der Waals surface area (Å²) in [6.07, 6.45) is 0.796. The molecule has 1 aromatic rings. The maximum absolute atomic E-state index is 11.6. The SMILES string of the molecule is CCCOc1cc(NC(C)C(=O)OCC)cc([N+](=O)[O-])c1. The van der Waals surface area contributed by atoms with Gasteiger partial charge in [-0.05, 0) is 20.3 Å². The zero-order valence-corrected chi connectivity index (χ0v) is 12.4. The van der Waals surface area contributed by atoms with E-state index in [4.69, 9.17) is 9.47 Å². The Labute approximate surface area is 123 Å². The van der Waals surface area contributed by atoms with E-state index in [-0.39, 0.29) is 12.3 Å². The van der Waals surface area contributed by atoms with E-state index < -0.39 is 16.9 Å². The van der Waals surface area contributed by atoms with Crippen molar-refractivity contribution in [1.82, 2.24) is 0 Å². The van der Waals surface area contributed by atoms with Crippen LogP contribution in [0.5, 0.6) is 5.75 Å². The lowest BCUT2D eigenvalue weighted by Gasteiger charge is -2.15. The third-order valence-electron chi connectivity index (χ3n) is 2.60. The summed E-state index contributed by atoms with van der Waals surface area (Å²) in [6.45, 7) is 6.04. The van der Waals surface area contributed by atoms with Crippen LogP contribution in [-0.4, -0.2) is 30.1 Å². The Balaban J connectivity index is 2.91. The molecule has 21 heavy (non-hydrogen) atoms. The standard InChI is InChI=1S/C14H20N2O5/c1-4-6-21-13-8-11(7-12(9-13)16(18)19)15-10(3)14(17)20-5-2/h7-10,15H,4-6H2,1-3H3. The topological polar surface area (TPSA) is 90.7 Å². The first-order valence-electron chi connectivity index (χ1n) is 6.83. The summed E-state index contributed by atoms with van der Waals surface area (Å²) in [6, 6.07) is 3.73. The Bertz CT molecular complexity index is 504. The van der Waals surface area contributed by atoms with Gasteiger partial charge in [-0.2, -0.15) is 0 Å². The number of nitro benzene ring substituents is 1. The number of ether oxygens (including phenoxy) is 2. The average molecular weight is 296 g/mol. The van der Waals surface area contributed by atoms with Gasteiger partial charge in [-0.1, -0.05) is 6.92 Å². The van der Waals surface area contributed by atoms with E-state index in [2.05, 4.69) is 5.32 Å². The second-order valence-electron chi connectivity index (χ2n) is 4.44. The fourth-order valence-electron chi connectivity index (χ4n) is 1.65. The highest BCUT2D eigenvalue weighted by molar-refractivity contribution is 5.79. The number of anilines is 1. The molecule has 0 heterocycles. The lowest BCUT2D eigenvalue weighted by atomic mass is 10.2. The van der Waals surface area contributed by atoms with Crippen LogP contribution in [-0.2, 0) is 9.53 Å². The summed E-state index contributed by atoms with van der Waals surface area (Å²) in [5, 5.41) is 13.8. The Morgan fingerprint density at radius 3 is 2.67 bits per heavy atom. The van der Waals surface area contributed by atoms with Crippen LogP contribution < -0.4 is 10.1 Å². The number of hydrogen-bond acceptors (Lipinski definition) is 6. The van der Waals surface area contributed by atoms with E-state index in [0.29, 0.717) is 18.0 Å². The maximum atomic E-state index is 11.6. The Morgan fingerprint density at radius 1 is 1.38 bits per heavy atom. The summed E-state index contributed by atoms with van der Waals surface area (Å²) in [5.74, 6) is -0.0235. The monoisotopic (exact) mass is 296 g/mol. The van der Waals surface area contributed by atoms with Gasteiger partial charge in [0.1, 0.15) is 11.8 Å². The Morgan fingerprint density at radius 2 is 2.10 bits per heavy atom. The van der Waals surface area contributed by atoms with Gasteiger partial charge in [-0.15, -0.1) is 0 Å². The zero-order chi connectivity index (χ0) is 15.8. The first-order chi connectivity index (χ1) is 9.97. The second-order valence-corrected chi connectivity index (χ2v) is 4.44. The van der Waals surface area contributed by atoms with Crippen LogP contribution in [0.25, 0.3) is 0 Å². The lowest BCUT2D eigenvalue weighted by Crippen LogP contribution is -2.28. The molecule has 0 spiro atoms. The molecule has 1 atom stereocenters. The first kappa shape index (κ1) is 16.7. The number of nitro groups is 1. The minimum atomic E-state index is -0.606. The molecule has 7 nitrogen and oxygen atoms in total. The third-order valence-corrected chi connectivity index (χ3v) is 2.60. The number of nitrogens with zero attached hydrogens (tertiary/aromatic N) is 1. The molecule has 0 amide bonds. The molecule has 0 aromatic heterocycles. The van der Waals surface area contributed by atoms with Crippen molar-refractivity contribution in [2.24, 2.45) is 0 Å². The highest BCUT2D eigenvalue weighted by Crippen LogP contribution is 2.26. The summed E-state index contributed by atoms with van der Waals surface area (Å²) >= 11 is 0. The van der Waals surface area contributed by atoms with E-state index in [1.54, 1.807) is 19.9 Å². The van der Waals surface area contributed by atoms with Crippen LogP contribution in [0.4, 0.5) is 11.4 Å². The summed E-state index contributed by atoms with van der Waals surface area (Å²) in [7, 11) is 0. The van der Waals surface area contributed by atoms with Gasteiger partial charge < -0.3 is 14.8 Å². The molecule has 1 unspecified atom stereocenters. The number of non-ortho nitro benzene ring substituents is 1. The summed E-state index contributed by atoms with van der Waals surface area (Å²) in [4.78, 5) is 22.0. The predicted octanol–water partition coefficient (Wildman–Crippen LogP) is 2.75. The van der Waals surface area contributed by atoms with Crippen molar-refractivity contribution >= 4 is 17.3 Å². The number of nitrogens with one attached hydrogen (secondary N) is 1. The molecule has 0 radical (unpaired) electrons. The van der Waals surface area contributed by atoms with Crippen LogP contribution in [0.15, 0.2) is 18.2 Å². The summed E-state index contributed by atoms with van der Waals surface area (Å²) in [5.41, 5.74) is 0.345. The fraction of sp³-hybridized carbons (Fsp3) is 0.500. The molecular weight excluding hydrogens is 276 g/mol. The van der Waals surface area contributed by atoms with Crippen molar-refractivity contribution < 1.29 is 19.2 Å². The third kappa shape index (κ3) is 5.29. The normalized spacial score (nSPS) is 11.6. The summed E-state index contributed by atoms with van der Waals surface area (Å²) < 4.78 is 10.3. The van der Waals surface area contributed by atoms with Gasteiger partial charge >= 0.3 is 5.97 Å². The molecule has 1 N–H and O–H groups in total. The fourth-order valence-corrected chi connectivity index (χ4v) is 1.65. The molecule has 1 aromatic carbocycles. The molecule has 0 aliphatic rings. The van der Waals surface area contributed by atoms with Gasteiger partial charge in [-0.3, -0.25) is 10.1 Å². The maximum Gasteiger partial charge on any atom is 0.328 e. The van der Waals surface area contributed by atoms with Crippen molar-refractivity contribution in [3.05, 3.63) is 28.3 Å². The number of rotatable bonds is 8. The molecular formula is C14H20N2O5. The molecule has 0 saturated heterocycles. The molecule has 7 heteroatoms. The van der Waals surface area contributed by atoms with Gasteiger partial charge in [0.05, 0.1) is 24.2 Å². The van der Waals surface area contributed by atoms with Crippen molar-refractivity contribution in [1.29, 1.82) is 0 Å². The smallest absolute Gasteiger partial charge is 0.328 e. The van der Waals surface area contributed by atoms with Crippen molar-refractivity contribution in [3.8, 4) is 5.75 Å². The largest absolute Gasteiger partial charge is 0.493 e. The van der Waals surface area contributed by atoms with E-state index in [0.717, 1.165) is 6.42 Å². The highest BCUT2D eigenvalue weighted by atomic mass is 16.6. The van der Waals surface area contributed by atoms with Gasteiger partial charge in [0, 0.05) is 17.8 Å². The minimum Gasteiger partial charge on any atom is -0.493 e. The number of esters is 1. The van der Waals surface area contributed by atoms with Crippen LogP contribution in [0.2, 0.25) is 0 Å². The Hall–Kier alpha value is -2.31. The number of benzene rings is 1.